The number of carbonyl (C=O) groups is 4. The van der Waals surface area contributed by atoms with E-state index < -0.39 is 24.1 Å². The van der Waals surface area contributed by atoms with Crippen molar-refractivity contribution in [1.29, 1.82) is 0 Å². The molecule has 10 heteroatoms. The van der Waals surface area contributed by atoms with Crippen LogP contribution in [0, 0.1) is 0 Å². The standard InChI is InChI=1S/C18H20N2O8/c1-3-15(21)25-9-11-27-17(23)19-13-5-7-14(8-6-13)20-18(24)28-12-10-26-16(22)4-2/h3-8H,1-2,9-12H2,(H,19,23)(H,20,24). The number of hydrogen-bond donors (Lipinski definition) is 2. The largest absolute Gasteiger partial charge is 0.459 e. The molecule has 0 saturated carbocycles. The van der Waals surface area contributed by atoms with E-state index in [2.05, 4.69) is 33.3 Å². The van der Waals surface area contributed by atoms with E-state index in [9.17, 15) is 19.2 Å². The van der Waals surface area contributed by atoms with Crippen molar-refractivity contribution < 1.29 is 38.1 Å². The van der Waals surface area contributed by atoms with Gasteiger partial charge in [-0.1, -0.05) is 13.2 Å². The van der Waals surface area contributed by atoms with Gasteiger partial charge in [0.25, 0.3) is 0 Å². The topological polar surface area (TPSA) is 129 Å². The SMILES string of the molecule is C=CC(=O)OCCOC(=O)Nc1ccc(NC(=O)OCCOC(=O)C=C)cc1. The zero-order chi connectivity index (χ0) is 20.8. The number of ether oxygens (including phenoxy) is 4. The second-order valence-corrected chi connectivity index (χ2v) is 4.84. The van der Waals surface area contributed by atoms with Gasteiger partial charge in [0, 0.05) is 23.5 Å². The summed E-state index contributed by atoms with van der Waals surface area (Å²) >= 11 is 0. The summed E-state index contributed by atoms with van der Waals surface area (Å²) in [5.74, 6) is -1.22. The fourth-order valence-electron chi connectivity index (χ4n) is 1.62. The van der Waals surface area contributed by atoms with Crippen LogP contribution in [0.2, 0.25) is 0 Å². The molecule has 10 nitrogen and oxygen atoms in total. The van der Waals surface area contributed by atoms with Gasteiger partial charge in [0.15, 0.2) is 0 Å². The normalized spacial score (nSPS) is 9.43. The lowest BCUT2D eigenvalue weighted by atomic mass is 10.3. The van der Waals surface area contributed by atoms with Crippen LogP contribution in [0.15, 0.2) is 49.6 Å². The van der Waals surface area contributed by atoms with Gasteiger partial charge in [-0.25, -0.2) is 19.2 Å². The third kappa shape index (κ3) is 9.61. The summed E-state index contributed by atoms with van der Waals surface area (Å²) in [6, 6.07) is 6.11. The highest BCUT2D eigenvalue weighted by Crippen LogP contribution is 2.14. The highest BCUT2D eigenvalue weighted by molar-refractivity contribution is 5.87. The van der Waals surface area contributed by atoms with E-state index in [4.69, 9.17) is 9.47 Å². The maximum Gasteiger partial charge on any atom is 0.411 e. The summed E-state index contributed by atoms with van der Waals surface area (Å²) in [6.45, 7) is 6.07. The highest BCUT2D eigenvalue weighted by atomic mass is 16.6. The average molecular weight is 392 g/mol. The molecule has 0 aliphatic rings. The second-order valence-electron chi connectivity index (χ2n) is 4.84. The molecule has 150 valence electrons. The molecule has 0 unspecified atom stereocenters. The van der Waals surface area contributed by atoms with Crippen molar-refractivity contribution in [2.75, 3.05) is 37.1 Å². The molecule has 0 fully saturated rings. The first-order valence-electron chi connectivity index (χ1n) is 8.00. The smallest absolute Gasteiger partial charge is 0.411 e. The van der Waals surface area contributed by atoms with Crippen molar-refractivity contribution in [2.24, 2.45) is 0 Å². The van der Waals surface area contributed by atoms with Crippen LogP contribution in [-0.2, 0) is 28.5 Å². The fraction of sp³-hybridized carbons (Fsp3) is 0.222. The van der Waals surface area contributed by atoms with Gasteiger partial charge >= 0.3 is 24.1 Å². The maximum atomic E-state index is 11.6. The minimum atomic E-state index is -0.733. The predicted molar refractivity (Wildman–Crippen MR) is 98.7 cm³/mol. The molecular formula is C18H20N2O8. The number of amides is 2. The van der Waals surface area contributed by atoms with Gasteiger partial charge in [-0.2, -0.15) is 0 Å². The highest BCUT2D eigenvalue weighted by Gasteiger charge is 2.06. The quantitative estimate of drug-likeness (QED) is 0.268. The lowest BCUT2D eigenvalue weighted by Gasteiger charge is -2.09. The van der Waals surface area contributed by atoms with Gasteiger partial charge in [0.2, 0.25) is 0 Å². The Labute approximate surface area is 161 Å². The van der Waals surface area contributed by atoms with E-state index in [0.717, 1.165) is 12.2 Å². The lowest BCUT2D eigenvalue weighted by molar-refractivity contribution is -0.139. The molecular weight excluding hydrogens is 372 g/mol. The Bertz CT molecular complexity index is 654. The third-order valence-corrected chi connectivity index (χ3v) is 2.83. The van der Waals surface area contributed by atoms with Crippen LogP contribution in [0.5, 0.6) is 0 Å². The molecule has 0 radical (unpaired) electrons. The van der Waals surface area contributed by atoms with Gasteiger partial charge in [-0.05, 0) is 24.3 Å². The summed E-state index contributed by atoms with van der Waals surface area (Å²) in [4.78, 5) is 44.8. The number of hydrogen-bond acceptors (Lipinski definition) is 8. The van der Waals surface area contributed by atoms with Crippen LogP contribution in [0.4, 0.5) is 21.0 Å². The van der Waals surface area contributed by atoms with Gasteiger partial charge in [-0.3, -0.25) is 10.6 Å². The van der Waals surface area contributed by atoms with Crippen LogP contribution < -0.4 is 10.6 Å². The minimum absolute atomic E-state index is 0.0873. The fourth-order valence-corrected chi connectivity index (χ4v) is 1.62. The van der Waals surface area contributed by atoms with Gasteiger partial charge < -0.3 is 18.9 Å². The number of carbonyl (C=O) groups excluding carboxylic acids is 4. The van der Waals surface area contributed by atoms with Crippen molar-refractivity contribution in [1.82, 2.24) is 0 Å². The monoisotopic (exact) mass is 392 g/mol. The average Bonchev–Trinajstić information content (AvgIpc) is 2.69. The molecule has 0 bridgehead atoms. The Balaban J connectivity index is 2.28. The minimum Gasteiger partial charge on any atom is -0.459 e. The molecule has 1 aromatic carbocycles. The molecule has 0 saturated heterocycles. The predicted octanol–water partition coefficient (Wildman–Crippen LogP) is 2.24. The Kier molecular flexibility index (Phi) is 9.94. The first kappa shape index (κ1) is 22.2. The van der Waals surface area contributed by atoms with E-state index >= 15 is 0 Å². The van der Waals surface area contributed by atoms with Crippen molar-refractivity contribution in [3.05, 3.63) is 49.6 Å². The number of anilines is 2. The molecule has 2 N–H and O–H groups in total. The lowest BCUT2D eigenvalue weighted by Crippen LogP contribution is -2.18. The molecule has 0 aliphatic heterocycles. The number of nitrogens with one attached hydrogen (secondary N) is 2. The molecule has 2 amide bonds. The molecule has 0 aliphatic carbocycles. The van der Waals surface area contributed by atoms with E-state index in [-0.39, 0.29) is 26.4 Å². The van der Waals surface area contributed by atoms with Crippen LogP contribution in [0.1, 0.15) is 0 Å². The van der Waals surface area contributed by atoms with Gasteiger partial charge in [0.1, 0.15) is 26.4 Å². The van der Waals surface area contributed by atoms with E-state index in [0.29, 0.717) is 11.4 Å². The van der Waals surface area contributed by atoms with Crippen molar-refractivity contribution >= 4 is 35.5 Å². The molecule has 1 aromatic rings. The molecule has 0 atom stereocenters. The van der Waals surface area contributed by atoms with Crippen LogP contribution in [0.25, 0.3) is 0 Å². The molecule has 28 heavy (non-hydrogen) atoms. The molecule has 0 heterocycles. The van der Waals surface area contributed by atoms with Crippen LogP contribution in [0.3, 0.4) is 0 Å². The Morgan fingerprint density at radius 1 is 0.679 bits per heavy atom. The first-order valence-corrected chi connectivity index (χ1v) is 8.00. The molecule has 0 spiro atoms. The molecule has 0 aromatic heterocycles. The summed E-state index contributed by atoms with van der Waals surface area (Å²) < 4.78 is 19.0. The second kappa shape index (κ2) is 12.5. The van der Waals surface area contributed by atoms with E-state index in [1.807, 2.05) is 0 Å². The molecule has 1 rings (SSSR count). The van der Waals surface area contributed by atoms with Gasteiger partial charge in [-0.15, -0.1) is 0 Å². The summed E-state index contributed by atoms with van der Waals surface area (Å²) in [5.41, 5.74) is 0.840. The Morgan fingerprint density at radius 2 is 1.00 bits per heavy atom. The third-order valence-electron chi connectivity index (χ3n) is 2.83. The van der Waals surface area contributed by atoms with Crippen molar-refractivity contribution in [3.63, 3.8) is 0 Å². The number of benzene rings is 1. The zero-order valence-electron chi connectivity index (χ0n) is 15.0. The zero-order valence-corrected chi connectivity index (χ0v) is 15.0. The van der Waals surface area contributed by atoms with E-state index in [1.165, 1.54) is 24.3 Å². The summed E-state index contributed by atoms with van der Waals surface area (Å²) in [5, 5.41) is 4.92. The number of rotatable bonds is 10. The Morgan fingerprint density at radius 3 is 1.32 bits per heavy atom. The van der Waals surface area contributed by atoms with Crippen LogP contribution >= 0.6 is 0 Å². The van der Waals surface area contributed by atoms with Crippen molar-refractivity contribution in [3.8, 4) is 0 Å². The van der Waals surface area contributed by atoms with Crippen LogP contribution in [-0.4, -0.2) is 50.6 Å². The van der Waals surface area contributed by atoms with Crippen molar-refractivity contribution in [2.45, 2.75) is 0 Å². The van der Waals surface area contributed by atoms with E-state index in [1.54, 1.807) is 0 Å². The first-order chi connectivity index (χ1) is 13.4. The summed E-state index contributed by atoms with van der Waals surface area (Å²) in [6.07, 6.45) is 0.541. The number of esters is 2. The summed E-state index contributed by atoms with van der Waals surface area (Å²) in [7, 11) is 0. The maximum absolute atomic E-state index is 11.6. The Hall–Kier alpha value is -3.82. The van der Waals surface area contributed by atoms with Gasteiger partial charge in [0.05, 0.1) is 0 Å².